The maximum Gasteiger partial charge on any atom is 0.312 e. The monoisotopic (exact) mass is 330 g/mol. The number of aryl methyl sites for hydroxylation is 1. The van der Waals surface area contributed by atoms with Crippen molar-refractivity contribution in [2.45, 2.75) is 46.6 Å². The van der Waals surface area contributed by atoms with Crippen molar-refractivity contribution >= 4 is 17.3 Å². The molecule has 0 saturated carbocycles. The summed E-state index contributed by atoms with van der Waals surface area (Å²) in [6.45, 7) is 9.30. The van der Waals surface area contributed by atoms with Gasteiger partial charge in [0.15, 0.2) is 0 Å². The second kappa shape index (κ2) is 6.43. The van der Waals surface area contributed by atoms with Crippen molar-refractivity contribution in [3.63, 3.8) is 0 Å². The van der Waals surface area contributed by atoms with E-state index in [-0.39, 0.29) is 23.6 Å². The van der Waals surface area contributed by atoms with Gasteiger partial charge in [-0.2, -0.15) is 5.10 Å². The molecule has 7 nitrogen and oxygen atoms in total. The highest BCUT2D eigenvalue weighted by molar-refractivity contribution is 5.91. The molecule has 0 aliphatic rings. The molecule has 2 aromatic rings. The van der Waals surface area contributed by atoms with E-state index >= 15 is 0 Å². The maximum atomic E-state index is 12.4. The van der Waals surface area contributed by atoms with Crippen LogP contribution in [0, 0.1) is 24.0 Å². The van der Waals surface area contributed by atoms with Gasteiger partial charge in [-0.15, -0.1) is 0 Å². The molecule has 0 unspecified atom stereocenters. The Labute approximate surface area is 140 Å². The van der Waals surface area contributed by atoms with Crippen LogP contribution >= 0.6 is 0 Å². The van der Waals surface area contributed by atoms with Crippen LogP contribution < -0.4 is 5.32 Å². The second-order valence-electron chi connectivity index (χ2n) is 6.78. The van der Waals surface area contributed by atoms with Gasteiger partial charge in [0.25, 0.3) is 0 Å². The number of nitrogens with zero attached hydrogens (tertiary/aromatic N) is 3. The van der Waals surface area contributed by atoms with Crippen molar-refractivity contribution in [2.24, 2.45) is 0 Å². The van der Waals surface area contributed by atoms with Gasteiger partial charge in [0.2, 0.25) is 5.91 Å². The quantitative estimate of drug-likeness (QED) is 0.687. The highest BCUT2D eigenvalue weighted by Crippen LogP contribution is 2.29. The number of hydrogen-bond acceptors (Lipinski definition) is 4. The number of aromatic nitrogens is 2. The van der Waals surface area contributed by atoms with Crippen LogP contribution in [0.25, 0.3) is 0 Å². The molecule has 7 heteroatoms. The van der Waals surface area contributed by atoms with Gasteiger partial charge in [0.1, 0.15) is 17.9 Å². The number of nitrogens with one attached hydrogen (secondary N) is 1. The molecule has 0 saturated heterocycles. The van der Waals surface area contributed by atoms with Gasteiger partial charge in [-0.25, -0.2) is 0 Å². The minimum Gasteiger partial charge on any atom is -0.324 e. The highest BCUT2D eigenvalue weighted by atomic mass is 16.6. The molecule has 0 aliphatic carbocycles. The smallest absolute Gasteiger partial charge is 0.312 e. The van der Waals surface area contributed by atoms with Crippen LogP contribution in [0.15, 0.2) is 24.3 Å². The molecule has 0 fully saturated rings. The fourth-order valence-corrected chi connectivity index (χ4v) is 2.68. The normalized spacial score (nSPS) is 11.4. The van der Waals surface area contributed by atoms with E-state index in [0.29, 0.717) is 11.4 Å². The van der Waals surface area contributed by atoms with Crippen molar-refractivity contribution in [1.82, 2.24) is 9.78 Å². The first kappa shape index (κ1) is 17.7. The molecule has 1 heterocycles. The van der Waals surface area contributed by atoms with E-state index in [1.54, 1.807) is 13.8 Å². The van der Waals surface area contributed by atoms with Gasteiger partial charge in [0, 0.05) is 5.69 Å². The lowest BCUT2D eigenvalue weighted by Gasteiger charge is -2.23. The molecule has 0 radical (unpaired) electrons. The van der Waals surface area contributed by atoms with E-state index in [4.69, 9.17) is 0 Å². The first-order chi connectivity index (χ1) is 11.1. The molecular formula is C17H22N4O3. The highest BCUT2D eigenvalue weighted by Gasteiger charge is 2.23. The van der Waals surface area contributed by atoms with Crippen LogP contribution in [0.1, 0.15) is 37.7 Å². The zero-order valence-corrected chi connectivity index (χ0v) is 14.6. The van der Waals surface area contributed by atoms with E-state index in [2.05, 4.69) is 31.2 Å². The lowest BCUT2D eigenvalue weighted by Crippen LogP contribution is -2.23. The first-order valence-corrected chi connectivity index (χ1v) is 7.69. The zero-order valence-electron chi connectivity index (χ0n) is 14.6. The van der Waals surface area contributed by atoms with Crippen LogP contribution in [0.4, 0.5) is 11.4 Å². The predicted octanol–water partition coefficient (Wildman–Crippen LogP) is 3.34. The van der Waals surface area contributed by atoms with Gasteiger partial charge in [0.05, 0.1) is 4.92 Å². The summed E-state index contributed by atoms with van der Waals surface area (Å²) in [6.07, 6.45) is 0. The summed E-state index contributed by atoms with van der Waals surface area (Å²) in [7, 11) is 0. The molecule has 0 spiro atoms. The summed E-state index contributed by atoms with van der Waals surface area (Å²) in [4.78, 5) is 22.9. The van der Waals surface area contributed by atoms with Crippen LogP contribution in [0.5, 0.6) is 0 Å². The number of benzene rings is 1. The summed E-state index contributed by atoms with van der Waals surface area (Å²) in [5.74, 6) is -0.271. The molecule has 1 aromatic carbocycles. The fourth-order valence-electron chi connectivity index (χ4n) is 2.68. The number of rotatable bonds is 4. The third-order valence-corrected chi connectivity index (χ3v) is 3.83. The molecule has 1 aromatic heterocycles. The average Bonchev–Trinajstić information content (AvgIpc) is 2.72. The summed E-state index contributed by atoms with van der Waals surface area (Å²) < 4.78 is 1.36. The molecule has 0 atom stereocenters. The van der Waals surface area contributed by atoms with E-state index in [9.17, 15) is 14.9 Å². The number of para-hydroxylation sites is 1. The zero-order chi connectivity index (χ0) is 18.1. The lowest BCUT2D eigenvalue weighted by atomic mass is 9.86. The standard InChI is InChI=1S/C17H22N4O3/c1-11-16(21(23)24)12(2)20(19-11)10-15(22)18-14-9-7-6-8-13(14)17(3,4)5/h6-9H,10H2,1-5H3,(H,18,22). The van der Waals surface area contributed by atoms with Gasteiger partial charge in [-0.3, -0.25) is 19.6 Å². The van der Waals surface area contributed by atoms with Crippen LogP contribution in [0.3, 0.4) is 0 Å². The van der Waals surface area contributed by atoms with E-state index in [1.165, 1.54) is 4.68 Å². The molecule has 24 heavy (non-hydrogen) atoms. The summed E-state index contributed by atoms with van der Waals surface area (Å²) in [5, 5.41) is 18.0. The first-order valence-electron chi connectivity index (χ1n) is 7.69. The Morgan fingerprint density at radius 2 is 1.92 bits per heavy atom. The largest absolute Gasteiger partial charge is 0.324 e. The Bertz CT molecular complexity index is 788. The van der Waals surface area contributed by atoms with Crippen molar-refractivity contribution in [3.05, 3.63) is 51.3 Å². The third-order valence-electron chi connectivity index (χ3n) is 3.83. The SMILES string of the molecule is Cc1nn(CC(=O)Nc2ccccc2C(C)(C)C)c(C)c1[N+](=O)[O-]. The number of hydrogen-bond donors (Lipinski definition) is 1. The molecule has 1 amide bonds. The predicted molar refractivity (Wildman–Crippen MR) is 92.1 cm³/mol. The van der Waals surface area contributed by atoms with Gasteiger partial charge in [-0.1, -0.05) is 39.0 Å². The molecule has 1 N–H and O–H groups in total. The Morgan fingerprint density at radius 3 is 2.46 bits per heavy atom. The maximum absolute atomic E-state index is 12.4. The van der Waals surface area contributed by atoms with Crippen LogP contribution in [-0.2, 0) is 16.8 Å². The lowest BCUT2D eigenvalue weighted by molar-refractivity contribution is -0.386. The summed E-state index contributed by atoms with van der Waals surface area (Å²) >= 11 is 0. The van der Waals surface area contributed by atoms with Gasteiger partial charge >= 0.3 is 5.69 Å². The Balaban J connectivity index is 2.22. The van der Waals surface area contributed by atoms with E-state index < -0.39 is 4.92 Å². The van der Waals surface area contributed by atoms with E-state index in [0.717, 1.165) is 11.3 Å². The van der Waals surface area contributed by atoms with Crippen LogP contribution in [-0.4, -0.2) is 20.6 Å². The Kier molecular flexibility index (Phi) is 4.73. The Morgan fingerprint density at radius 1 is 1.29 bits per heavy atom. The third kappa shape index (κ3) is 3.61. The number of amides is 1. The van der Waals surface area contributed by atoms with Gasteiger partial charge in [-0.05, 0) is 30.9 Å². The number of carbonyl (C=O) groups excluding carboxylic acids is 1. The van der Waals surface area contributed by atoms with Crippen molar-refractivity contribution in [2.75, 3.05) is 5.32 Å². The molecule has 128 valence electrons. The molecule has 2 rings (SSSR count). The summed E-state index contributed by atoms with van der Waals surface area (Å²) in [6, 6.07) is 7.62. The second-order valence-corrected chi connectivity index (χ2v) is 6.78. The number of anilines is 1. The fraction of sp³-hybridized carbons (Fsp3) is 0.412. The molecule has 0 aliphatic heterocycles. The number of carbonyl (C=O) groups is 1. The average molecular weight is 330 g/mol. The van der Waals surface area contributed by atoms with E-state index in [1.807, 2.05) is 24.3 Å². The molecule has 0 bridgehead atoms. The Hall–Kier alpha value is -2.70. The van der Waals surface area contributed by atoms with Crippen LogP contribution in [0.2, 0.25) is 0 Å². The van der Waals surface area contributed by atoms with Gasteiger partial charge < -0.3 is 5.32 Å². The minimum atomic E-state index is -0.471. The van der Waals surface area contributed by atoms with Crippen molar-refractivity contribution in [3.8, 4) is 0 Å². The molecular weight excluding hydrogens is 308 g/mol. The number of nitro groups is 1. The van der Waals surface area contributed by atoms with Crippen molar-refractivity contribution < 1.29 is 9.72 Å². The topological polar surface area (TPSA) is 90.1 Å². The van der Waals surface area contributed by atoms with Crippen molar-refractivity contribution in [1.29, 1.82) is 0 Å². The summed E-state index contributed by atoms with van der Waals surface area (Å²) in [5.41, 5.74) is 2.29. The minimum absolute atomic E-state index is 0.0436.